The lowest BCUT2D eigenvalue weighted by Gasteiger charge is -2.07. The van der Waals surface area contributed by atoms with Gasteiger partial charge in [-0.2, -0.15) is 0 Å². The molecule has 0 saturated carbocycles. The van der Waals surface area contributed by atoms with Crippen LogP contribution >= 0.6 is 0 Å². The smallest absolute Gasteiger partial charge is 0.164 e. The summed E-state index contributed by atoms with van der Waals surface area (Å²) in [6, 6.07) is 1.52. The standard InChI is InChI=1S/C11H15NO2/c1-4-9-11(14)6-8(7(3)12-9)10(13)5-2/h6,14H,4-5H2,1-3H3. The van der Waals surface area contributed by atoms with Gasteiger partial charge >= 0.3 is 0 Å². The molecule has 0 spiro atoms. The molecule has 0 aliphatic carbocycles. The molecule has 0 unspecified atom stereocenters. The number of carbonyl (C=O) groups excluding carboxylic acids is 1. The minimum absolute atomic E-state index is 0.0213. The lowest BCUT2D eigenvalue weighted by atomic mass is 10.1. The molecule has 1 aromatic heterocycles. The summed E-state index contributed by atoms with van der Waals surface area (Å²) in [4.78, 5) is 15.6. The van der Waals surface area contributed by atoms with Crippen LogP contribution in [0.4, 0.5) is 0 Å². The fraction of sp³-hybridized carbons (Fsp3) is 0.455. The maximum Gasteiger partial charge on any atom is 0.164 e. The number of Topliss-reactive ketones (excluding diaryl/α,β-unsaturated/α-hetero) is 1. The molecule has 1 rings (SSSR count). The van der Waals surface area contributed by atoms with E-state index in [9.17, 15) is 9.90 Å². The van der Waals surface area contributed by atoms with E-state index in [4.69, 9.17) is 0 Å². The maximum atomic E-state index is 11.4. The van der Waals surface area contributed by atoms with Crippen LogP contribution in [0.25, 0.3) is 0 Å². The fourth-order valence-electron chi connectivity index (χ4n) is 1.38. The number of hydrogen-bond donors (Lipinski definition) is 1. The highest BCUT2D eigenvalue weighted by atomic mass is 16.3. The van der Waals surface area contributed by atoms with Crippen LogP contribution in [0.15, 0.2) is 6.07 Å². The Morgan fingerprint density at radius 2 is 2.14 bits per heavy atom. The summed E-state index contributed by atoms with van der Waals surface area (Å²) in [5.74, 6) is 0.142. The van der Waals surface area contributed by atoms with Crippen molar-refractivity contribution in [3.8, 4) is 5.75 Å². The van der Waals surface area contributed by atoms with E-state index >= 15 is 0 Å². The molecule has 3 heteroatoms. The van der Waals surface area contributed by atoms with Crippen LogP contribution in [0.3, 0.4) is 0 Å². The van der Waals surface area contributed by atoms with Gasteiger partial charge in [-0.3, -0.25) is 9.78 Å². The quantitative estimate of drug-likeness (QED) is 0.749. The predicted octanol–water partition coefficient (Wildman–Crippen LogP) is 2.25. The van der Waals surface area contributed by atoms with E-state index < -0.39 is 0 Å². The SMILES string of the molecule is CCC(=O)c1cc(O)c(CC)nc1C. The summed E-state index contributed by atoms with van der Waals surface area (Å²) in [7, 11) is 0. The maximum absolute atomic E-state index is 11.4. The normalized spacial score (nSPS) is 10.2. The third-order valence-corrected chi connectivity index (χ3v) is 2.23. The van der Waals surface area contributed by atoms with Crippen LogP contribution in [0.5, 0.6) is 5.75 Å². The minimum Gasteiger partial charge on any atom is -0.506 e. The summed E-state index contributed by atoms with van der Waals surface area (Å²) in [5.41, 5.74) is 1.88. The lowest BCUT2D eigenvalue weighted by molar-refractivity contribution is 0.0986. The summed E-state index contributed by atoms with van der Waals surface area (Å²) in [6.07, 6.45) is 1.11. The molecule has 0 amide bonds. The van der Waals surface area contributed by atoms with Gasteiger partial charge in [-0.1, -0.05) is 13.8 Å². The molecule has 0 fully saturated rings. The zero-order valence-corrected chi connectivity index (χ0v) is 8.79. The molecule has 0 aromatic carbocycles. The van der Waals surface area contributed by atoms with Crippen LogP contribution in [0.1, 0.15) is 42.0 Å². The Hall–Kier alpha value is -1.38. The molecule has 0 saturated heterocycles. The third-order valence-electron chi connectivity index (χ3n) is 2.23. The van der Waals surface area contributed by atoms with Crippen molar-refractivity contribution in [3.63, 3.8) is 0 Å². The summed E-state index contributed by atoms with van der Waals surface area (Å²) in [6.45, 7) is 5.51. The average Bonchev–Trinajstić information content (AvgIpc) is 2.19. The van der Waals surface area contributed by atoms with Crippen molar-refractivity contribution in [2.24, 2.45) is 0 Å². The number of aryl methyl sites for hydroxylation is 2. The molecule has 1 heterocycles. The number of aromatic nitrogens is 1. The molecular weight excluding hydrogens is 178 g/mol. The van der Waals surface area contributed by atoms with Gasteiger partial charge in [0.2, 0.25) is 0 Å². The van der Waals surface area contributed by atoms with Crippen molar-refractivity contribution in [1.29, 1.82) is 0 Å². The number of carbonyl (C=O) groups is 1. The molecule has 3 nitrogen and oxygen atoms in total. The van der Waals surface area contributed by atoms with Crippen LogP contribution < -0.4 is 0 Å². The topological polar surface area (TPSA) is 50.2 Å². The van der Waals surface area contributed by atoms with Crippen molar-refractivity contribution < 1.29 is 9.90 Å². The molecular formula is C11H15NO2. The van der Waals surface area contributed by atoms with E-state index in [1.54, 1.807) is 13.8 Å². The molecule has 1 aromatic rings. The lowest BCUT2D eigenvalue weighted by Crippen LogP contribution is -2.03. The molecule has 76 valence electrons. The second kappa shape index (κ2) is 4.22. The molecule has 0 bridgehead atoms. The van der Waals surface area contributed by atoms with Gasteiger partial charge in [0.05, 0.1) is 5.69 Å². The molecule has 0 aliphatic heterocycles. The van der Waals surface area contributed by atoms with E-state index in [0.29, 0.717) is 29.8 Å². The van der Waals surface area contributed by atoms with E-state index in [0.717, 1.165) is 0 Å². The Bertz CT molecular complexity index is 359. The molecule has 0 atom stereocenters. The van der Waals surface area contributed by atoms with Crippen LogP contribution in [-0.2, 0) is 6.42 Å². The predicted molar refractivity (Wildman–Crippen MR) is 54.6 cm³/mol. The van der Waals surface area contributed by atoms with Crippen molar-refractivity contribution >= 4 is 5.78 Å². The van der Waals surface area contributed by atoms with Crippen molar-refractivity contribution in [1.82, 2.24) is 4.98 Å². The number of pyridine rings is 1. The minimum atomic E-state index is 0.0213. The number of ketones is 1. The zero-order chi connectivity index (χ0) is 10.7. The van der Waals surface area contributed by atoms with Gasteiger partial charge in [0, 0.05) is 17.7 Å². The number of rotatable bonds is 3. The largest absolute Gasteiger partial charge is 0.506 e. The Morgan fingerprint density at radius 1 is 1.50 bits per heavy atom. The number of nitrogens with zero attached hydrogens (tertiary/aromatic N) is 1. The molecule has 1 N–H and O–H groups in total. The van der Waals surface area contributed by atoms with E-state index in [1.165, 1.54) is 6.07 Å². The average molecular weight is 193 g/mol. The summed E-state index contributed by atoms with van der Waals surface area (Å²) in [5, 5.41) is 9.55. The Balaban J connectivity index is 3.21. The van der Waals surface area contributed by atoms with Gasteiger partial charge in [0.1, 0.15) is 5.75 Å². The fourth-order valence-corrected chi connectivity index (χ4v) is 1.38. The zero-order valence-electron chi connectivity index (χ0n) is 8.79. The Labute approximate surface area is 83.8 Å². The van der Waals surface area contributed by atoms with Gasteiger partial charge in [-0.05, 0) is 19.4 Å². The monoisotopic (exact) mass is 193 g/mol. The van der Waals surface area contributed by atoms with E-state index in [-0.39, 0.29) is 11.5 Å². The van der Waals surface area contributed by atoms with Gasteiger partial charge in [-0.25, -0.2) is 0 Å². The first kappa shape index (κ1) is 10.7. The summed E-state index contributed by atoms with van der Waals surface area (Å²) >= 11 is 0. The van der Waals surface area contributed by atoms with Crippen molar-refractivity contribution in [2.75, 3.05) is 0 Å². The molecule has 0 radical (unpaired) electrons. The Kier molecular flexibility index (Phi) is 3.23. The van der Waals surface area contributed by atoms with Gasteiger partial charge in [-0.15, -0.1) is 0 Å². The first-order valence-electron chi connectivity index (χ1n) is 4.82. The first-order chi connectivity index (χ1) is 6.60. The van der Waals surface area contributed by atoms with Gasteiger partial charge in [0.15, 0.2) is 5.78 Å². The van der Waals surface area contributed by atoms with Crippen molar-refractivity contribution in [2.45, 2.75) is 33.6 Å². The van der Waals surface area contributed by atoms with Gasteiger partial charge < -0.3 is 5.11 Å². The van der Waals surface area contributed by atoms with E-state index in [2.05, 4.69) is 4.98 Å². The third kappa shape index (κ3) is 1.92. The first-order valence-corrected chi connectivity index (χ1v) is 4.82. The summed E-state index contributed by atoms with van der Waals surface area (Å²) < 4.78 is 0. The van der Waals surface area contributed by atoms with Crippen LogP contribution in [0.2, 0.25) is 0 Å². The van der Waals surface area contributed by atoms with Gasteiger partial charge in [0.25, 0.3) is 0 Å². The van der Waals surface area contributed by atoms with Crippen molar-refractivity contribution in [3.05, 3.63) is 23.0 Å². The van der Waals surface area contributed by atoms with E-state index in [1.807, 2.05) is 6.92 Å². The highest BCUT2D eigenvalue weighted by Gasteiger charge is 2.11. The number of hydrogen-bond acceptors (Lipinski definition) is 3. The molecule has 14 heavy (non-hydrogen) atoms. The second-order valence-corrected chi connectivity index (χ2v) is 3.22. The Morgan fingerprint density at radius 3 is 2.64 bits per heavy atom. The van der Waals surface area contributed by atoms with Crippen LogP contribution in [0, 0.1) is 6.92 Å². The van der Waals surface area contributed by atoms with Crippen LogP contribution in [-0.4, -0.2) is 15.9 Å². The second-order valence-electron chi connectivity index (χ2n) is 3.22. The highest BCUT2D eigenvalue weighted by molar-refractivity contribution is 5.97. The number of aromatic hydroxyl groups is 1. The highest BCUT2D eigenvalue weighted by Crippen LogP contribution is 2.20. The molecule has 0 aliphatic rings.